The zero-order valence-electron chi connectivity index (χ0n) is 17.6. The summed E-state index contributed by atoms with van der Waals surface area (Å²) in [5, 5.41) is 7.56. The van der Waals surface area contributed by atoms with Crippen LogP contribution < -0.4 is 5.32 Å². The molecule has 30 heavy (non-hydrogen) atoms. The molecule has 1 aromatic heterocycles. The summed E-state index contributed by atoms with van der Waals surface area (Å²) in [5.41, 5.74) is 6.90. The van der Waals surface area contributed by atoms with Crippen molar-refractivity contribution in [3.05, 3.63) is 94.8 Å². The number of carbonyl (C=O) groups excluding carboxylic acids is 1. The third-order valence-corrected chi connectivity index (χ3v) is 5.29. The van der Waals surface area contributed by atoms with Crippen LogP contribution in [0, 0.1) is 27.7 Å². The summed E-state index contributed by atoms with van der Waals surface area (Å²) >= 11 is 0. The van der Waals surface area contributed by atoms with Gasteiger partial charge >= 0.3 is 0 Å². The number of anilines is 1. The highest BCUT2D eigenvalue weighted by Crippen LogP contribution is 2.25. The summed E-state index contributed by atoms with van der Waals surface area (Å²) in [7, 11) is 0. The highest BCUT2D eigenvalue weighted by Gasteiger charge is 2.20. The van der Waals surface area contributed by atoms with Crippen LogP contribution in [0.2, 0.25) is 0 Å². The van der Waals surface area contributed by atoms with Gasteiger partial charge in [-0.15, -0.1) is 5.10 Å². The van der Waals surface area contributed by atoms with E-state index in [1.165, 1.54) is 0 Å². The number of benzene rings is 3. The minimum atomic E-state index is -0.329. The molecule has 0 radical (unpaired) electrons. The molecule has 0 unspecified atom stereocenters. The molecule has 0 atom stereocenters. The van der Waals surface area contributed by atoms with Gasteiger partial charge in [0.15, 0.2) is 5.82 Å². The highest BCUT2D eigenvalue weighted by atomic mass is 16.2. The molecule has 0 saturated carbocycles. The normalized spacial score (nSPS) is 10.8. The van der Waals surface area contributed by atoms with Gasteiger partial charge in [-0.25, -0.2) is 9.67 Å². The Morgan fingerprint density at radius 1 is 0.867 bits per heavy atom. The van der Waals surface area contributed by atoms with Gasteiger partial charge in [0.25, 0.3) is 5.91 Å². The van der Waals surface area contributed by atoms with Crippen molar-refractivity contribution in [2.75, 3.05) is 5.32 Å². The van der Waals surface area contributed by atoms with Gasteiger partial charge in [-0.3, -0.25) is 4.79 Å². The number of nitrogens with one attached hydrogen (secondary N) is 1. The summed E-state index contributed by atoms with van der Waals surface area (Å²) in [6.07, 6.45) is 0. The van der Waals surface area contributed by atoms with Gasteiger partial charge in [-0.2, -0.15) is 0 Å². The Balaban J connectivity index is 1.80. The molecular weight excluding hydrogens is 372 g/mol. The fourth-order valence-electron chi connectivity index (χ4n) is 3.36. The van der Waals surface area contributed by atoms with Crippen LogP contribution in [0.25, 0.3) is 17.1 Å². The lowest BCUT2D eigenvalue weighted by Gasteiger charge is -2.11. The van der Waals surface area contributed by atoms with Crippen molar-refractivity contribution in [2.24, 2.45) is 0 Å². The van der Waals surface area contributed by atoms with Gasteiger partial charge in [-0.05, 0) is 62.1 Å². The van der Waals surface area contributed by atoms with Gasteiger partial charge in [0.1, 0.15) is 0 Å². The maximum Gasteiger partial charge on any atom is 0.295 e. The maximum absolute atomic E-state index is 13.0. The smallest absolute Gasteiger partial charge is 0.295 e. The molecule has 4 aromatic rings. The standard InChI is InChI=1S/C25H24N4O/c1-16-13-14-18(3)21(15-16)26-25(30)23-27-24(20-10-6-5-7-11-20)29(28-23)22-12-8-9-17(2)19(22)4/h5-15H,1-4H3,(H,26,30). The zero-order chi connectivity index (χ0) is 21.3. The number of aromatic nitrogens is 3. The summed E-state index contributed by atoms with van der Waals surface area (Å²) in [6, 6.07) is 21.8. The van der Waals surface area contributed by atoms with Crippen molar-refractivity contribution in [3.8, 4) is 17.1 Å². The van der Waals surface area contributed by atoms with E-state index >= 15 is 0 Å². The fraction of sp³-hybridized carbons (Fsp3) is 0.160. The molecule has 0 fully saturated rings. The van der Waals surface area contributed by atoms with E-state index in [0.29, 0.717) is 5.82 Å². The number of hydrogen-bond donors (Lipinski definition) is 1. The van der Waals surface area contributed by atoms with Gasteiger partial charge in [0.2, 0.25) is 5.82 Å². The molecule has 1 N–H and O–H groups in total. The second-order valence-electron chi connectivity index (χ2n) is 7.53. The Bertz CT molecular complexity index is 1230. The first-order valence-corrected chi connectivity index (χ1v) is 9.91. The van der Waals surface area contributed by atoms with E-state index in [1.54, 1.807) is 4.68 Å². The van der Waals surface area contributed by atoms with Crippen LogP contribution in [0.4, 0.5) is 5.69 Å². The number of carbonyl (C=O) groups is 1. The Labute approximate surface area is 176 Å². The molecule has 5 nitrogen and oxygen atoms in total. The highest BCUT2D eigenvalue weighted by molar-refractivity contribution is 6.02. The minimum Gasteiger partial charge on any atom is -0.319 e. The molecule has 0 spiro atoms. The number of rotatable bonds is 4. The second kappa shape index (κ2) is 7.95. The predicted octanol–water partition coefficient (Wildman–Crippen LogP) is 5.42. The molecule has 0 aliphatic rings. The van der Waals surface area contributed by atoms with Crippen LogP contribution >= 0.6 is 0 Å². The summed E-state index contributed by atoms with van der Waals surface area (Å²) in [4.78, 5) is 17.6. The number of amides is 1. The van der Waals surface area contributed by atoms with E-state index in [4.69, 9.17) is 0 Å². The van der Waals surface area contributed by atoms with Crippen LogP contribution in [-0.4, -0.2) is 20.7 Å². The van der Waals surface area contributed by atoms with Crippen molar-refractivity contribution >= 4 is 11.6 Å². The van der Waals surface area contributed by atoms with Crippen molar-refractivity contribution in [3.63, 3.8) is 0 Å². The number of nitrogens with zero attached hydrogens (tertiary/aromatic N) is 3. The quantitative estimate of drug-likeness (QED) is 0.501. The summed E-state index contributed by atoms with van der Waals surface area (Å²) in [6.45, 7) is 8.08. The van der Waals surface area contributed by atoms with Crippen LogP contribution in [-0.2, 0) is 0 Å². The molecule has 1 heterocycles. The molecular formula is C25H24N4O. The van der Waals surface area contributed by atoms with E-state index in [2.05, 4.69) is 35.3 Å². The minimum absolute atomic E-state index is 0.135. The van der Waals surface area contributed by atoms with Gasteiger partial charge in [0, 0.05) is 11.3 Å². The maximum atomic E-state index is 13.0. The van der Waals surface area contributed by atoms with Crippen LogP contribution in [0.1, 0.15) is 32.9 Å². The summed E-state index contributed by atoms with van der Waals surface area (Å²) < 4.78 is 1.76. The number of aryl methyl sites for hydroxylation is 3. The molecule has 0 aliphatic heterocycles. The molecule has 150 valence electrons. The van der Waals surface area contributed by atoms with Gasteiger partial charge in [0.05, 0.1) is 5.69 Å². The SMILES string of the molecule is Cc1ccc(C)c(NC(=O)c2nc(-c3ccccc3)n(-c3cccc(C)c3C)n2)c1. The Morgan fingerprint density at radius 3 is 2.40 bits per heavy atom. The topological polar surface area (TPSA) is 59.8 Å². The molecule has 0 saturated heterocycles. The van der Waals surface area contributed by atoms with Crippen LogP contribution in [0.15, 0.2) is 66.7 Å². The second-order valence-corrected chi connectivity index (χ2v) is 7.53. The van der Waals surface area contributed by atoms with Crippen LogP contribution in [0.3, 0.4) is 0 Å². The van der Waals surface area contributed by atoms with Gasteiger partial charge < -0.3 is 5.32 Å². The predicted molar refractivity (Wildman–Crippen MR) is 120 cm³/mol. The largest absolute Gasteiger partial charge is 0.319 e. The Hall–Kier alpha value is -3.73. The molecule has 0 aliphatic carbocycles. The Morgan fingerprint density at radius 2 is 1.63 bits per heavy atom. The van der Waals surface area contributed by atoms with E-state index in [0.717, 1.165) is 39.2 Å². The first-order chi connectivity index (χ1) is 14.4. The van der Waals surface area contributed by atoms with E-state index < -0.39 is 0 Å². The van der Waals surface area contributed by atoms with E-state index in [1.807, 2.05) is 74.5 Å². The Kier molecular flexibility index (Phi) is 5.19. The monoisotopic (exact) mass is 396 g/mol. The van der Waals surface area contributed by atoms with Gasteiger partial charge in [-0.1, -0.05) is 54.6 Å². The molecule has 5 heteroatoms. The lowest BCUT2D eigenvalue weighted by atomic mass is 10.1. The lowest BCUT2D eigenvalue weighted by Crippen LogP contribution is -2.15. The zero-order valence-corrected chi connectivity index (χ0v) is 17.6. The van der Waals surface area contributed by atoms with Crippen molar-refractivity contribution in [2.45, 2.75) is 27.7 Å². The average molecular weight is 396 g/mol. The molecule has 0 bridgehead atoms. The molecule has 1 amide bonds. The van der Waals surface area contributed by atoms with Crippen LogP contribution in [0.5, 0.6) is 0 Å². The van der Waals surface area contributed by atoms with Crippen molar-refractivity contribution < 1.29 is 4.79 Å². The molecule has 4 rings (SSSR count). The van der Waals surface area contributed by atoms with Crippen molar-refractivity contribution in [1.29, 1.82) is 0 Å². The number of hydrogen-bond acceptors (Lipinski definition) is 3. The average Bonchev–Trinajstić information content (AvgIpc) is 3.19. The third kappa shape index (κ3) is 3.74. The fourth-order valence-corrected chi connectivity index (χ4v) is 3.36. The molecule has 3 aromatic carbocycles. The first kappa shape index (κ1) is 19.6. The van der Waals surface area contributed by atoms with E-state index in [-0.39, 0.29) is 11.7 Å². The lowest BCUT2D eigenvalue weighted by molar-refractivity contribution is 0.101. The van der Waals surface area contributed by atoms with Crippen molar-refractivity contribution in [1.82, 2.24) is 14.8 Å². The third-order valence-electron chi connectivity index (χ3n) is 5.29. The van der Waals surface area contributed by atoms with E-state index in [9.17, 15) is 4.79 Å². The first-order valence-electron chi connectivity index (χ1n) is 9.91. The summed E-state index contributed by atoms with van der Waals surface area (Å²) in [5.74, 6) is 0.441.